The van der Waals surface area contributed by atoms with Crippen LogP contribution in [0.15, 0.2) is 66.7 Å². The van der Waals surface area contributed by atoms with Gasteiger partial charge in [0.15, 0.2) is 0 Å². The van der Waals surface area contributed by atoms with Crippen molar-refractivity contribution in [3.8, 4) is 5.75 Å². The molecule has 8 nitrogen and oxygen atoms in total. The van der Waals surface area contributed by atoms with Gasteiger partial charge in [0.05, 0.1) is 15.3 Å². The molecule has 1 unspecified atom stereocenters. The van der Waals surface area contributed by atoms with Gasteiger partial charge in [-0.25, -0.2) is 0 Å². The topological polar surface area (TPSA) is 98.8 Å². The van der Waals surface area contributed by atoms with Crippen LogP contribution >= 0.6 is 0 Å². The average Bonchev–Trinajstić information content (AvgIpc) is 2.98. The van der Waals surface area contributed by atoms with Gasteiger partial charge < -0.3 is 9.64 Å². The Morgan fingerprint density at radius 3 is 2.29 bits per heavy atom. The fourth-order valence-electron chi connectivity index (χ4n) is 5.08. The maximum atomic E-state index is 11.4. The summed E-state index contributed by atoms with van der Waals surface area (Å²) in [6.07, 6.45) is 3.87. The van der Waals surface area contributed by atoms with Crippen LogP contribution in [0.5, 0.6) is 5.75 Å². The summed E-state index contributed by atoms with van der Waals surface area (Å²) in [5.41, 5.74) is 3.09. The molecule has 1 spiro atoms. The number of non-ortho nitro benzene ring substituents is 2. The van der Waals surface area contributed by atoms with Crippen LogP contribution in [0.2, 0.25) is 0 Å². The molecule has 0 bridgehead atoms. The molecule has 34 heavy (non-hydrogen) atoms. The lowest BCUT2D eigenvalue weighted by atomic mass is 9.76. The smallest absolute Gasteiger partial charge is 0.270 e. The molecule has 0 saturated heterocycles. The van der Waals surface area contributed by atoms with Crippen LogP contribution < -0.4 is 9.64 Å². The fourth-order valence-corrected chi connectivity index (χ4v) is 5.08. The number of rotatable bonds is 4. The molecule has 3 aromatic carbocycles. The zero-order valence-electron chi connectivity index (χ0n) is 19.0. The molecule has 0 aliphatic carbocycles. The van der Waals surface area contributed by atoms with E-state index >= 15 is 0 Å². The molecule has 3 aromatic rings. The van der Waals surface area contributed by atoms with E-state index in [9.17, 15) is 20.2 Å². The van der Waals surface area contributed by atoms with Crippen molar-refractivity contribution in [1.82, 2.24) is 0 Å². The molecular weight excluding hydrogens is 434 g/mol. The summed E-state index contributed by atoms with van der Waals surface area (Å²) in [5.74, 6) is 0.614. The Bertz CT molecular complexity index is 1360. The standard InChI is InChI=1S/C26H23N3O5/c1-17-14-21(29(32)33)15-19-12-13-26(34-24(17)19)25(2,3)22-6-4-5-7-23(22)27(26)16-18-8-10-20(11-9-18)28(30)31/h4-15H,16H2,1-3H3. The van der Waals surface area contributed by atoms with Crippen LogP contribution in [0.4, 0.5) is 17.1 Å². The van der Waals surface area contributed by atoms with Crippen LogP contribution in [-0.4, -0.2) is 15.6 Å². The van der Waals surface area contributed by atoms with Crippen LogP contribution in [0, 0.1) is 27.2 Å². The van der Waals surface area contributed by atoms with Crippen molar-refractivity contribution in [2.24, 2.45) is 0 Å². The van der Waals surface area contributed by atoms with Gasteiger partial charge in [0, 0.05) is 42.1 Å². The highest BCUT2D eigenvalue weighted by Crippen LogP contribution is 2.56. The number of fused-ring (bicyclic) bond motifs is 2. The average molecular weight is 457 g/mol. The van der Waals surface area contributed by atoms with Crippen LogP contribution in [0.1, 0.15) is 36.1 Å². The monoisotopic (exact) mass is 457 g/mol. The van der Waals surface area contributed by atoms with Crippen molar-refractivity contribution in [3.05, 3.63) is 109 Å². The molecule has 5 rings (SSSR count). The molecule has 2 aliphatic rings. The molecule has 0 fully saturated rings. The molecular formula is C26H23N3O5. The molecule has 2 heterocycles. The number of benzene rings is 3. The second kappa shape index (κ2) is 7.41. The Balaban J connectivity index is 1.63. The second-order valence-electron chi connectivity index (χ2n) is 9.22. The highest BCUT2D eigenvalue weighted by molar-refractivity contribution is 5.74. The summed E-state index contributed by atoms with van der Waals surface area (Å²) < 4.78 is 6.80. The molecule has 172 valence electrons. The number of hydrogen-bond acceptors (Lipinski definition) is 6. The maximum absolute atomic E-state index is 11.4. The molecule has 0 aromatic heterocycles. The summed E-state index contributed by atoms with van der Waals surface area (Å²) in [5, 5.41) is 22.4. The number of ether oxygens (including phenoxy) is 1. The third-order valence-corrected chi connectivity index (χ3v) is 6.90. The van der Waals surface area contributed by atoms with Crippen LogP contribution in [0.3, 0.4) is 0 Å². The number of para-hydroxylation sites is 1. The van der Waals surface area contributed by atoms with E-state index in [1.807, 2.05) is 37.3 Å². The largest absolute Gasteiger partial charge is 0.462 e. The highest BCUT2D eigenvalue weighted by Gasteiger charge is 2.58. The summed E-state index contributed by atoms with van der Waals surface area (Å²) >= 11 is 0. The normalized spacial score (nSPS) is 19.4. The molecule has 0 saturated carbocycles. The lowest BCUT2D eigenvalue weighted by Gasteiger charge is -2.47. The Hall–Kier alpha value is -4.20. The summed E-state index contributed by atoms with van der Waals surface area (Å²) in [4.78, 5) is 23.8. The zero-order chi connectivity index (χ0) is 24.3. The van der Waals surface area contributed by atoms with Gasteiger partial charge >= 0.3 is 0 Å². The Morgan fingerprint density at radius 1 is 0.941 bits per heavy atom. The minimum atomic E-state index is -0.896. The van der Waals surface area contributed by atoms with Crippen LogP contribution in [-0.2, 0) is 12.0 Å². The maximum Gasteiger partial charge on any atom is 0.270 e. The van der Waals surface area contributed by atoms with Gasteiger partial charge in [-0.2, -0.15) is 0 Å². The van der Waals surface area contributed by atoms with Crippen molar-refractivity contribution in [3.63, 3.8) is 0 Å². The van der Waals surface area contributed by atoms with Gasteiger partial charge in [0.25, 0.3) is 11.4 Å². The van der Waals surface area contributed by atoms with Crippen LogP contribution in [0.25, 0.3) is 6.08 Å². The fraction of sp³-hybridized carbons (Fsp3) is 0.231. The predicted molar refractivity (Wildman–Crippen MR) is 129 cm³/mol. The van der Waals surface area contributed by atoms with Gasteiger partial charge in [0.1, 0.15) is 5.75 Å². The molecule has 2 aliphatic heterocycles. The van der Waals surface area contributed by atoms with Crippen molar-refractivity contribution in [2.75, 3.05) is 4.90 Å². The Morgan fingerprint density at radius 2 is 1.62 bits per heavy atom. The van der Waals surface area contributed by atoms with Crippen molar-refractivity contribution in [1.29, 1.82) is 0 Å². The minimum Gasteiger partial charge on any atom is -0.462 e. The second-order valence-corrected chi connectivity index (χ2v) is 9.22. The summed E-state index contributed by atoms with van der Waals surface area (Å²) in [6, 6.07) is 17.7. The number of anilines is 1. The molecule has 1 atom stereocenters. The van der Waals surface area contributed by atoms with E-state index in [0.717, 1.165) is 16.8 Å². The highest BCUT2D eigenvalue weighted by atomic mass is 16.6. The third-order valence-electron chi connectivity index (χ3n) is 6.90. The van der Waals surface area contributed by atoms with Gasteiger partial charge in [-0.05, 0) is 55.7 Å². The first kappa shape index (κ1) is 21.6. The number of nitro benzene ring substituents is 2. The predicted octanol–water partition coefficient (Wildman–Crippen LogP) is 5.91. The molecule has 0 radical (unpaired) electrons. The SMILES string of the molecule is Cc1cc([N+](=O)[O-])cc2c1OC1(C=C2)N(Cc2ccc([N+](=O)[O-])cc2)c2ccccc2C1(C)C. The van der Waals surface area contributed by atoms with Gasteiger partial charge in [-0.3, -0.25) is 20.2 Å². The Labute approximate surface area is 196 Å². The number of hydrogen-bond donors (Lipinski definition) is 0. The molecule has 0 amide bonds. The number of nitrogens with zero attached hydrogens (tertiary/aromatic N) is 3. The minimum absolute atomic E-state index is 0.0251. The zero-order valence-corrected chi connectivity index (χ0v) is 19.0. The number of aryl methyl sites for hydroxylation is 1. The van der Waals surface area contributed by atoms with Crippen molar-refractivity contribution >= 4 is 23.1 Å². The third kappa shape index (κ3) is 3.06. The van der Waals surface area contributed by atoms with E-state index in [2.05, 4.69) is 24.8 Å². The van der Waals surface area contributed by atoms with E-state index < -0.39 is 21.0 Å². The molecule has 0 N–H and O–H groups in total. The van der Waals surface area contributed by atoms with E-state index in [1.54, 1.807) is 12.1 Å². The first-order chi connectivity index (χ1) is 16.1. The first-order valence-electron chi connectivity index (χ1n) is 10.9. The van der Waals surface area contributed by atoms with Gasteiger partial charge in [0.2, 0.25) is 5.72 Å². The van der Waals surface area contributed by atoms with Crippen molar-refractivity contribution < 1.29 is 14.6 Å². The van der Waals surface area contributed by atoms with Crippen molar-refractivity contribution in [2.45, 2.75) is 38.5 Å². The van der Waals surface area contributed by atoms with E-state index in [-0.39, 0.29) is 11.4 Å². The lowest BCUT2D eigenvalue weighted by Crippen LogP contribution is -2.59. The summed E-state index contributed by atoms with van der Waals surface area (Å²) in [6.45, 7) is 6.52. The van der Waals surface area contributed by atoms with Gasteiger partial charge in [-0.15, -0.1) is 0 Å². The van der Waals surface area contributed by atoms with E-state index in [0.29, 0.717) is 23.4 Å². The quantitative estimate of drug-likeness (QED) is 0.357. The van der Waals surface area contributed by atoms with E-state index in [1.165, 1.54) is 24.3 Å². The van der Waals surface area contributed by atoms with E-state index in [4.69, 9.17) is 4.74 Å². The summed E-state index contributed by atoms with van der Waals surface area (Å²) in [7, 11) is 0. The lowest BCUT2D eigenvalue weighted by molar-refractivity contribution is -0.385. The number of nitro groups is 2. The van der Waals surface area contributed by atoms with Gasteiger partial charge in [-0.1, -0.05) is 30.3 Å². The Kier molecular flexibility index (Phi) is 4.72. The first-order valence-corrected chi connectivity index (χ1v) is 10.9. The molecule has 8 heteroatoms.